The molecule has 5 heteroatoms. The Morgan fingerprint density at radius 3 is 2.82 bits per heavy atom. The van der Waals surface area contributed by atoms with Crippen LogP contribution in [-0.2, 0) is 4.74 Å². The Bertz CT molecular complexity index is 233. The van der Waals surface area contributed by atoms with Crippen molar-refractivity contribution in [3.63, 3.8) is 0 Å². The highest BCUT2D eigenvalue weighted by Crippen LogP contribution is 2.26. The van der Waals surface area contributed by atoms with E-state index in [2.05, 4.69) is 22.7 Å². The monoisotopic (exact) mass is 242 g/mol. The first-order valence-electron chi connectivity index (χ1n) is 6.58. The lowest BCUT2D eigenvalue weighted by molar-refractivity contribution is 0.207. The molecule has 0 bridgehead atoms. The van der Waals surface area contributed by atoms with Crippen LogP contribution in [0, 0.1) is 5.92 Å². The maximum absolute atomic E-state index is 5.47. The minimum absolute atomic E-state index is 0.506. The van der Waals surface area contributed by atoms with Crippen LogP contribution in [0.3, 0.4) is 0 Å². The summed E-state index contributed by atoms with van der Waals surface area (Å²) in [7, 11) is 1.67. The number of ether oxygens (including phenoxy) is 1. The van der Waals surface area contributed by atoms with Gasteiger partial charge in [-0.1, -0.05) is 26.2 Å². The van der Waals surface area contributed by atoms with Crippen molar-refractivity contribution in [1.29, 1.82) is 0 Å². The molecule has 5 nitrogen and oxygen atoms in total. The molecule has 1 saturated carbocycles. The van der Waals surface area contributed by atoms with E-state index in [1.54, 1.807) is 7.11 Å². The van der Waals surface area contributed by atoms with E-state index < -0.39 is 0 Å². The zero-order valence-corrected chi connectivity index (χ0v) is 11.0. The van der Waals surface area contributed by atoms with Crippen LogP contribution < -0.4 is 16.6 Å². The molecule has 2 unspecified atom stereocenters. The van der Waals surface area contributed by atoms with Crippen molar-refractivity contribution in [3.8, 4) is 0 Å². The van der Waals surface area contributed by atoms with Crippen LogP contribution in [0.15, 0.2) is 4.99 Å². The van der Waals surface area contributed by atoms with E-state index in [0.717, 1.165) is 5.92 Å². The second-order valence-corrected chi connectivity index (χ2v) is 4.57. The number of nitrogens with two attached hydrogens (primary N) is 1. The third kappa shape index (κ3) is 4.91. The van der Waals surface area contributed by atoms with Crippen molar-refractivity contribution in [1.82, 2.24) is 10.7 Å². The zero-order chi connectivity index (χ0) is 12.5. The Labute approximate surface area is 104 Å². The van der Waals surface area contributed by atoms with Crippen molar-refractivity contribution < 1.29 is 4.74 Å². The van der Waals surface area contributed by atoms with Crippen LogP contribution >= 0.6 is 0 Å². The molecule has 0 heterocycles. The normalized spacial score (nSPS) is 25.7. The number of hydrogen-bond acceptors (Lipinski definition) is 3. The van der Waals surface area contributed by atoms with Crippen LogP contribution in [-0.4, -0.2) is 32.3 Å². The molecule has 0 aromatic carbocycles. The van der Waals surface area contributed by atoms with Crippen LogP contribution in [0.1, 0.15) is 39.0 Å². The maximum Gasteiger partial charge on any atom is 0.206 e. The fourth-order valence-corrected chi connectivity index (χ4v) is 2.44. The summed E-state index contributed by atoms with van der Waals surface area (Å²) in [6.45, 7) is 3.50. The number of aliphatic imine (C=N–C) groups is 1. The van der Waals surface area contributed by atoms with Crippen molar-refractivity contribution in [2.24, 2.45) is 16.8 Å². The quantitative estimate of drug-likeness (QED) is 0.221. The SMILES string of the molecule is CCC1CCCCC1NC(=NCCOC)NN. The number of hydrazine groups is 1. The number of nitrogens with one attached hydrogen (secondary N) is 2. The smallest absolute Gasteiger partial charge is 0.206 e. The maximum atomic E-state index is 5.47. The van der Waals surface area contributed by atoms with Gasteiger partial charge in [-0.25, -0.2) is 10.8 Å². The average Bonchev–Trinajstić information content (AvgIpc) is 2.38. The highest BCUT2D eigenvalue weighted by atomic mass is 16.5. The topological polar surface area (TPSA) is 71.7 Å². The van der Waals surface area contributed by atoms with Gasteiger partial charge >= 0.3 is 0 Å². The number of hydrogen-bond donors (Lipinski definition) is 3. The highest BCUT2D eigenvalue weighted by molar-refractivity contribution is 5.79. The van der Waals surface area contributed by atoms with Gasteiger partial charge in [0.1, 0.15) is 0 Å². The second-order valence-electron chi connectivity index (χ2n) is 4.57. The molecular weight excluding hydrogens is 216 g/mol. The summed E-state index contributed by atoms with van der Waals surface area (Å²) in [6.07, 6.45) is 6.38. The molecule has 1 rings (SSSR count). The fraction of sp³-hybridized carbons (Fsp3) is 0.917. The first-order valence-corrected chi connectivity index (χ1v) is 6.58. The van der Waals surface area contributed by atoms with Crippen molar-refractivity contribution in [3.05, 3.63) is 0 Å². The summed E-state index contributed by atoms with van der Waals surface area (Å²) in [6, 6.07) is 0.506. The van der Waals surface area contributed by atoms with Gasteiger partial charge in [0.2, 0.25) is 5.96 Å². The Kier molecular flexibility index (Phi) is 6.96. The molecule has 2 atom stereocenters. The summed E-state index contributed by atoms with van der Waals surface area (Å²) in [4.78, 5) is 4.34. The summed E-state index contributed by atoms with van der Waals surface area (Å²) >= 11 is 0. The molecular formula is C12H26N4O. The average molecular weight is 242 g/mol. The van der Waals surface area contributed by atoms with Gasteiger partial charge in [0, 0.05) is 13.2 Å². The van der Waals surface area contributed by atoms with Crippen LogP contribution in [0.4, 0.5) is 0 Å². The molecule has 1 aliphatic rings. The molecule has 0 amide bonds. The zero-order valence-electron chi connectivity index (χ0n) is 11.0. The number of nitrogens with zero attached hydrogens (tertiary/aromatic N) is 1. The van der Waals surface area contributed by atoms with Gasteiger partial charge in [-0.15, -0.1) is 0 Å². The predicted molar refractivity (Wildman–Crippen MR) is 70.7 cm³/mol. The molecule has 1 aliphatic carbocycles. The van der Waals surface area contributed by atoms with Gasteiger partial charge in [-0.05, 0) is 18.8 Å². The van der Waals surface area contributed by atoms with Gasteiger partial charge in [0.05, 0.1) is 13.2 Å². The van der Waals surface area contributed by atoms with E-state index in [9.17, 15) is 0 Å². The summed E-state index contributed by atoms with van der Waals surface area (Å²) < 4.78 is 4.97. The van der Waals surface area contributed by atoms with Crippen LogP contribution in [0.2, 0.25) is 0 Å². The van der Waals surface area contributed by atoms with E-state index >= 15 is 0 Å². The molecule has 0 radical (unpaired) electrons. The molecule has 0 spiro atoms. The number of guanidine groups is 1. The lowest BCUT2D eigenvalue weighted by Gasteiger charge is -2.32. The lowest BCUT2D eigenvalue weighted by atomic mass is 9.83. The fourth-order valence-electron chi connectivity index (χ4n) is 2.44. The Morgan fingerprint density at radius 1 is 1.41 bits per heavy atom. The van der Waals surface area contributed by atoms with E-state index in [-0.39, 0.29) is 0 Å². The van der Waals surface area contributed by atoms with Gasteiger partial charge in [0.15, 0.2) is 0 Å². The van der Waals surface area contributed by atoms with Crippen molar-refractivity contribution in [2.45, 2.75) is 45.1 Å². The minimum Gasteiger partial charge on any atom is -0.383 e. The summed E-state index contributed by atoms with van der Waals surface area (Å²) in [5, 5.41) is 3.42. The van der Waals surface area contributed by atoms with Crippen molar-refractivity contribution in [2.75, 3.05) is 20.3 Å². The van der Waals surface area contributed by atoms with E-state index in [1.807, 2.05) is 0 Å². The second kappa shape index (κ2) is 8.31. The predicted octanol–water partition coefficient (Wildman–Crippen LogP) is 1.01. The van der Waals surface area contributed by atoms with E-state index in [4.69, 9.17) is 10.6 Å². The lowest BCUT2D eigenvalue weighted by Crippen LogP contribution is -2.50. The highest BCUT2D eigenvalue weighted by Gasteiger charge is 2.24. The molecule has 0 aromatic rings. The molecule has 0 saturated heterocycles. The van der Waals surface area contributed by atoms with Crippen LogP contribution in [0.25, 0.3) is 0 Å². The Balaban J connectivity index is 2.44. The molecule has 17 heavy (non-hydrogen) atoms. The van der Waals surface area contributed by atoms with Gasteiger partial charge in [0.25, 0.3) is 0 Å². The first-order chi connectivity index (χ1) is 8.31. The molecule has 0 aromatic heterocycles. The molecule has 1 fully saturated rings. The molecule has 4 N–H and O–H groups in total. The summed E-state index contributed by atoms with van der Waals surface area (Å²) in [5.41, 5.74) is 2.64. The third-order valence-electron chi connectivity index (χ3n) is 3.46. The Morgan fingerprint density at radius 2 is 2.18 bits per heavy atom. The summed E-state index contributed by atoms with van der Waals surface area (Å²) in [5.74, 6) is 6.90. The van der Waals surface area contributed by atoms with Crippen LogP contribution in [0.5, 0.6) is 0 Å². The Hall–Kier alpha value is -0.810. The minimum atomic E-state index is 0.506. The van der Waals surface area contributed by atoms with Gasteiger partial charge in [-0.3, -0.25) is 5.43 Å². The third-order valence-corrected chi connectivity index (χ3v) is 3.46. The van der Waals surface area contributed by atoms with Crippen molar-refractivity contribution >= 4 is 5.96 Å². The molecule has 100 valence electrons. The van der Waals surface area contributed by atoms with E-state index in [0.29, 0.717) is 25.2 Å². The molecule has 0 aliphatic heterocycles. The largest absolute Gasteiger partial charge is 0.383 e. The van der Waals surface area contributed by atoms with Gasteiger partial charge in [-0.2, -0.15) is 0 Å². The standard InChI is InChI=1S/C12H26N4O/c1-3-10-6-4-5-7-11(10)15-12(16-13)14-8-9-17-2/h10-11H,3-9,13H2,1-2H3,(H2,14,15,16). The number of methoxy groups -OCH3 is 1. The van der Waals surface area contributed by atoms with Gasteiger partial charge < -0.3 is 10.1 Å². The number of rotatable bonds is 5. The first kappa shape index (κ1) is 14.3. The van der Waals surface area contributed by atoms with E-state index in [1.165, 1.54) is 32.1 Å².